The van der Waals surface area contributed by atoms with Gasteiger partial charge >= 0.3 is 23.5 Å². The van der Waals surface area contributed by atoms with Gasteiger partial charge < -0.3 is 24.1 Å². The van der Waals surface area contributed by atoms with Gasteiger partial charge in [-0.1, -0.05) is 0 Å². The average Bonchev–Trinajstić information content (AvgIpc) is 2.96. The number of ketones is 1. The van der Waals surface area contributed by atoms with Crippen LogP contribution in [-0.4, -0.2) is 54.7 Å². The van der Waals surface area contributed by atoms with E-state index in [2.05, 4.69) is 4.74 Å². The zero-order valence-electron chi connectivity index (χ0n) is 15.4. The molecular weight excluding hydrogens is 384 g/mol. The number of esters is 3. The van der Waals surface area contributed by atoms with E-state index in [9.17, 15) is 24.3 Å². The molecule has 0 aromatic heterocycles. The molecule has 1 heterocycles. The van der Waals surface area contributed by atoms with Crippen molar-refractivity contribution in [2.45, 2.75) is 11.7 Å². The number of ether oxygens (including phenoxy) is 4. The van der Waals surface area contributed by atoms with E-state index in [1.165, 1.54) is 62.8 Å². The van der Waals surface area contributed by atoms with Crippen molar-refractivity contribution in [3.05, 3.63) is 59.7 Å². The van der Waals surface area contributed by atoms with Crippen molar-refractivity contribution in [2.75, 3.05) is 14.2 Å². The Balaban J connectivity index is 1.99. The van der Waals surface area contributed by atoms with Gasteiger partial charge in [0, 0.05) is 5.56 Å². The second kappa shape index (κ2) is 7.72. The van der Waals surface area contributed by atoms with E-state index in [-0.39, 0.29) is 11.1 Å². The number of Topliss-reactive ketones (excluding diaryl/α,β-unsaturated/α-hetero) is 1. The Kier molecular flexibility index (Phi) is 5.33. The van der Waals surface area contributed by atoms with Crippen molar-refractivity contribution >= 4 is 23.7 Å². The number of benzene rings is 2. The van der Waals surface area contributed by atoms with E-state index in [1.54, 1.807) is 0 Å². The standard InChI is InChI=1S/C20H16O9/c1-26-13-7-3-11(4-8-13)15(21)20(16(22)18(24)28-19(20)25)29-17(23)12-5-9-14(27-2)10-6-12/h3-10,16,22H,1-2H3. The summed E-state index contributed by atoms with van der Waals surface area (Å²) in [5, 5.41) is 10.3. The van der Waals surface area contributed by atoms with Crippen LogP contribution in [0.1, 0.15) is 20.7 Å². The molecule has 2 unspecified atom stereocenters. The Morgan fingerprint density at radius 2 is 1.38 bits per heavy atom. The third kappa shape index (κ3) is 3.43. The fourth-order valence-corrected chi connectivity index (χ4v) is 2.75. The third-order valence-electron chi connectivity index (χ3n) is 4.37. The second-order valence-corrected chi connectivity index (χ2v) is 6.02. The molecule has 2 aromatic carbocycles. The number of aliphatic hydroxyl groups is 1. The number of hydrogen-bond donors (Lipinski definition) is 1. The fraction of sp³-hybridized carbons (Fsp3) is 0.200. The Labute approximate surface area is 164 Å². The molecule has 9 nitrogen and oxygen atoms in total. The third-order valence-corrected chi connectivity index (χ3v) is 4.37. The van der Waals surface area contributed by atoms with Gasteiger partial charge in [-0.25, -0.2) is 14.4 Å². The molecule has 150 valence electrons. The van der Waals surface area contributed by atoms with Crippen molar-refractivity contribution < 1.29 is 43.2 Å². The predicted molar refractivity (Wildman–Crippen MR) is 95.6 cm³/mol. The Morgan fingerprint density at radius 3 is 1.79 bits per heavy atom. The molecule has 9 heteroatoms. The SMILES string of the molecule is COc1ccc(C(=O)OC2(C(=O)c3ccc(OC)cc3)C(=O)OC(=O)C2O)cc1. The van der Waals surface area contributed by atoms with Crippen LogP contribution < -0.4 is 9.47 Å². The number of carbonyl (C=O) groups excluding carboxylic acids is 4. The summed E-state index contributed by atoms with van der Waals surface area (Å²) in [6, 6.07) is 11.1. The molecule has 0 radical (unpaired) electrons. The highest BCUT2D eigenvalue weighted by Gasteiger charge is 2.66. The first-order valence-electron chi connectivity index (χ1n) is 8.34. The number of methoxy groups -OCH3 is 2. The van der Waals surface area contributed by atoms with Crippen LogP contribution in [-0.2, 0) is 19.1 Å². The molecule has 0 bridgehead atoms. The summed E-state index contributed by atoms with van der Waals surface area (Å²) in [6.45, 7) is 0. The summed E-state index contributed by atoms with van der Waals surface area (Å²) in [4.78, 5) is 49.8. The number of rotatable bonds is 6. The molecule has 0 aliphatic carbocycles. The normalized spacial score (nSPS) is 20.7. The monoisotopic (exact) mass is 400 g/mol. The molecule has 1 aliphatic rings. The summed E-state index contributed by atoms with van der Waals surface area (Å²) in [7, 11) is 2.86. The van der Waals surface area contributed by atoms with Gasteiger partial charge in [0.25, 0.3) is 0 Å². The summed E-state index contributed by atoms with van der Waals surface area (Å²) >= 11 is 0. The maximum absolute atomic E-state index is 13.1. The molecule has 1 saturated heterocycles. The second-order valence-electron chi connectivity index (χ2n) is 6.02. The highest BCUT2D eigenvalue weighted by Crippen LogP contribution is 2.32. The summed E-state index contributed by atoms with van der Waals surface area (Å²) in [5.74, 6) is -4.19. The van der Waals surface area contributed by atoms with E-state index in [1.807, 2.05) is 0 Å². The van der Waals surface area contributed by atoms with Crippen molar-refractivity contribution in [3.8, 4) is 11.5 Å². The van der Waals surface area contributed by atoms with Gasteiger partial charge in [-0.05, 0) is 48.5 Å². The zero-order valence-corrected chi connectivity index (χ0v) is 15.4. The quantitative estimate of drug-likeness (QED) is 0.428. The molecule has 1 fully saturated rings. The van der Waals surface area contributed by atoms with Gasteiger partial charge in [0.05, 0.1) is 19.8 Å². The molecule has 1 aliphatic heterocycles. The van der Waals surface area contributed by atoms with E-state index >= 15 is 0 Å². The molecule has 2 atom stereocenters. The first-order valence-corrected chi connectivity index (χ1v) is 8.34. The smallest absolute Gasteiger partial charge is 0.370 e. The van der Waals surface area contributed by atoms with Crippen LogP contribution in [0.25, 0.3) is 0 Å². The van der Waals surface area contributed by atoms with Crippen molar-refractivity contribution in [3.63, 3.8) is 0 Å². The first kappa shape index (κ1) is 20.0. The van der Waals surface area contributed by atoms with Gasteiger partial charge in [0.15, 0.2) is 0 Å². The lowest BCUT2D eigenvalue weighted by Crippen LogP contribution is -2.55. The van der Waals surface area contributed by atoms with Crippen LogP contribution in [0, 0.1) is 0 Å². The van der Waals surface area contributed by atoms with Gasteiger partial charge in [-0.2, -0.15) is 0 Å². The molecule has 29 heavy (non-hydrogen) atoms. The van der Waals surface area contributed by atoms with Gasteiger partial charge in [-0.3, -0.25) is 4.79 Å². The van der Waals surface area contributed by atoms with E-state index in [0.29, 0.717) is 11.5 Å². The summed E-state index contributed by atoms with van der Waals surface area (Å²) < 4.78 is 19.5. The minimum absolute atomic E-state index is 0.0351. The van der Waals surface area contributed by atoms with Crippen LogP contribution >= 0.6 is 0 Å². The van der Waals surface area contributed by atoms with Crippen LogP contribution in [0.5, 0.6) is 11.5 Å². The lowest BCUT2D eigenvalue weighted by atomic mass is 9.88. The minimum atomic E-state index is -2.86. The largest absolute Gasteiger partial charge is 0.497 e. The number of cyclic esters (lactones) is 2. The Bertz CT molecular complexity index is 962. The Hall–Kier alpha value is -3.72. The lowest BCUT2D eigenvalue weighted by molar-refractivity contribution is -0.157. The lowest BCUT2D eigenvalue weighted by Gasteiger charge is -2.25. The van der Waals surface area contributed by atoms with Crippen molar-refractivity contribution in [1.82, 2.24) is 0 Å². The summed E-state index contributed by atoms with van der Waals surface area (Å²) in [6.07, 6.45) is -2.31. The molecular formula is C20H16O9. The van der Waals surface area contributed by atoms with E-state index < -0.39 is 35.4 Å². The molecule has 2 aromatic rings. The highest BCUT2D eigenvalue weighted by atomic mass is 16.7. The van der Waals surface area contributed by atoms with Crippen molar-refractivity contribution in [1.29, 1.82) is 0 Å². The molecule has 3 rings (SSSR count). The minimum Gasteiger partial charge on any atom is -0.497 e. The molecule has 0 saturated carbocycles. The topological polar surface area (TPSA) is 125 Å². The molecule has 0 amide bonds. The zero-order chi connectivity index (χ0) is 21.2. The molecule has 0 spiro atoms. The number of carbonyl (C=O) groups is 4. The number of aliphatic hydroxyl groups excluding tert-OH is 1. The van der Waals surface area contributed by atoms with Crippen molar-refractivity contribution in [2.24, 2.45) is 0 Å². The fourth-order valence-electron chi connectivity index (χ4n) is 2.75. The van der Waals surface area contributed by atoms with Crippen LogP contribution in [0.2, 0.25) is 0 Å². The highest BCUT2D eigenvalue weighted by molar-refractivity contribution is 6.24. The maximum atomic E-state index is 13.1. The van der Waals surface area contributed by atoms with Gasteiger partial charge in [0.2, 0.25) is 11.9 Å². The van der Waals surface area contributed by atoms with E-state index in [0.717, 1.165) is 0 Å². The number of hydrogen-bond acceptors (Lipinski definition) is 9. The Morgan fingerprint density at radius 1 is 0.897 bits per heavy atom. The first-order chi connectivity index (χ1) is 13.8. The van der Waals surface area contributed by atoms with Gasteiger partial charge in [0.1, 0.15) is 11.5 Å². The predicted octanol–water partition coefficient (Wildman–Crippen LogP) is 0.927. The summed E-state index contributed by atoms with van der Waals surface area (Å²) in [5.41, 5.74) is -2.99. The van der Waals surface area contributed by atoms with Gasteiger partial charge in [-0.15, -0.1) is 0 Å². The average molecular weight is 400 g/mol. The van der Waals surface area contributed by atoms with Crippen LogP contribution in [0.15, 0.2) is 48.5 Å². The van der Waals surface area contributed by atoms with Crippen LogP contribution in [0.3, 0.4) is 0 Å². The van der Waals surface area contributed by atoms with Crippen LogP contribution in [0.4, 0.5) is 0 Å². The molecule has 1 N–H and O–H groups in total. The maximum Gasteiger partial charge on any atom is 0.370 e. The van der Waals surface area contributed by atoms with E-state index in [4.69, 9.17) is 14.2 Å².